The summed E-state index contributed by atoms with van der Waals surface area (Å²) in [5, 5.41) is 14.9. The van der Waals surface area contributed by atoms with Crippen molar-refractivity contribution < 1.29 is 23.9 Å². The highest BCUT2D eigenvalue weighted by Crippen LogP contribution is 2.28. The van der Waals surface area contributed by atoms with Gasteiger partial charge in [0.15, 0.2) is 6.10 Å². The van der Waals surface area contributed by atoms with Crippen molar-refractivity contribution >= 4 is 23.4 Å². The predicted octanol–water partition coefficient (Wildman–Crippen LogP) is 1.01. The first-order chi connectivity index (χ1) is 11.5. The number of allylic oxidation sites excluding steroid dienone is 1. The average molecular weight is 334 g/mol. The zero-order valence-corrected chi connectivity index (χ0v) is 12.5. The fourth-order valence-electron chi connectivity index (χ4n) is 2.66. The third-order valence-corrected chi connectivity index (χ3v) is 3.92. The summed E-state index contributed by atoms with van der Waals surface area (Å²) in [7, 11) is 0. The molecule has 1 fully saturated rings. The van der Waals surface area contributed by atoms with Gasteiger partial charge in [-0.15, -0.1) is 0 Å². The summed E-state index contributed by atoms with van der Waals surface area (Å²) < 4.78 is 19.3. The Morgan fingerprint density at radius 3 is 2.92 bits per heavy atom. The topological polar surface area (TPSA) is 117 Å². The van der Waals surface area contributed by atoms with Crippen molar-refractivity contribution in [2.75, 3.05) is 11.4 Å². The number of hydrogen-bond acceptors (Lipinski definition) is 6. The van der Waals surface area contributed by atoms with Crippen LogP contribution in [0.2, 0.25) is 0 Å². The summed E-state index contributed by atoms with van der Waals surface area (Å²) in [4.78, 5) is 24.0. The minimum absolute atomic E-state index is 0.0569. The number of primary amides is 1. The van der Waals surface area contributed by atoms with Crippen LogP contribution in [0.15, 0.2) is 35.6 Å². The maximum atomic E-state index is 14.5. The highest BCUT2D eigenvalue weighted by Gasteiger charge is 2.36. The minimum atomic E-state index is -1.05. The number of ether oxygens (including phenoxy) is 1. The maximum absolute atomic E-state index is 14.5. The second-order valence-corrected chi connectivity index (χ2v) is 5.44. The number of nitrogens with zero attached hydrogens (tertiary/aromatic N) is 2. The van der Waals surface area contributed by atoms with E-state index < -0.39 is 23.9 Å². The molecule has 1 saturated heterocycles. The van der Waals surface area contributed by atoms with E-state index in [0.717, 1.165) is 4.90 Å². The van der Waals surface area contributed by atoms with Crippen LogP contribution in [0.3, 0.4) is 0 Å². The first kappa shape index (κ1) is 15.8. The monoisotopic (exact) mass is 334 g/mol. The van der Waals surface area contributed by atoms with Crippen LogP contribution >= 0.6 is 0 Å². The Balaban J connectivity index is 1.82. The predicted molar refractivity (Wildman–Crippen MR) is 82.1 cm³/mol. The molecule has 0 radical (unpaired) electrons. The number of nitrogens with one attached hydrogen (secondary N) is 1. The Bertz CT molecular complexity index is 749. The van der Waals surface area contributed by atoms with Gasteiger partial charge in [-0.05, 0) is 24.4 Å². The summed E-state index contributed by atoms with van der Waals surface area (Å²) >= 11 is 0. The molecule has 3 rings (SSSR count). The Kier molecular flexibility index (Phi) is 4.07. The maximum Gasteiger partial charge on any atom is 0.415 e. The number of carbonyl (C=O) groups excluding carboxylic acids is 2. The number of oxime groups is 1. The molecule has 1 unspecified atom stereocenters. The van der Waals surface area contributed by atoms with E-state index in [1.165, 1.54) is 12.1 Å². The van der Waals surface area contributed by atoms with Gasteiger partial charge in [-0.25, -0.2) is 9.18 Å². The van der Waals surface area contributed by atoms with E-state index in [9.17, 15) is 14.0 Å². The average Bonchev–Trinajstić information content (AvgIpc) is 2.97. The number of carbonyl (C=O) groups is 2. The zero-order chi connectivity index (χ0) is 17.3. The summed E-state index contributed by atoms with van der Waals surface area (Å²) in [6.07, 6.45) is 1.69. The van der Waals surface area contributed by atoms with E-state index in [2.05, 4.69) is 10.5 Å². The second-order valence-electron chi connectivity index (χ2n) is 5.44. The van der Waals surface area contributed by atoms with E-state index in [0.29, 0.717) is 17.7 Å². The van der Waals surface area contributed by atoms with Gasteiger partial charge in [0, 0.05) is 12.0 Å². The summed E-state index contributed by atoms with van der Waals surface area (Å²) in [5.41, 5.74) is 6.18. The molecule has 1 aromatic carbocycles. The van der Waals surface area contributed by atoms with Crippen LogP contribution < -0.4 is 16.0 Å². The van der Waals surface area contributed by atoms with E-state index in [1.54, 1.807) is 18.3 Å². The molecule has 4 N–H and O–H groups in total. The number of hydrogen-bond donors (Lipinski definition) is 3. The molecule has 2 heterocycles. The Hall–Kier alpha value is -3.10. The van der Waals surface area contributed by atoms with Gasteiger partial charge in [0.2, 0.25) is 0 Å². The quantitative estimate of drug-likeness (QED) is 0.563. The highest BCUT2D eigenvalue weighted by molar-refractivity contribution is 5.96. The molecule has 0 saturated carbocycles. The minimum Gasteiger partial charge on any atom is -0.434 e. The number of nitrogens with two attached hydrogens (primary N) is 1. The third kappa shape index (κ3) is 2.87. The van der Waals surface area contributed by atoms with Gasteiger partial charge in [0.25, 0.3) is 5.91 Å². The lowest BCUT2D eigenvalue weighted by Crippen LogP contribution is -2.32. The molecule has 24 heavy (non-hydrogen) atoms. The summed E-state index contributed by atoms with van der Waals surface area (Å²) in [6, 6.07) is 3.88. The van der Waals surface area contributed by atoms with E-state index in [4.69, 9.17) is 15.7 Å². The van der Waals surface area contributed by atoms with Crippen molar-refractivity contribution in [3.05, 3.63) is 41.9 Å². The molecule has 9 heteroatoms. The molecule has 0 aromatic heterocycles. The lowest BCUT2D eigenvalue weighted by molar-refractivity contribution is -0.124. The molecule has 0 spiro atoms. The van der Waals surface area contributed by atoms with Crippen LogP contribution in [0.25, 0.3) is 0 Å². The normalized spacial score (nSPS) is 24.8. The fourth-order valence-corrected chi connectivity index (χ4v) is 2.66. The molecule has 1 aromatic rings. The van der Waals surface area contributed by atoms with Gasteiger partial charge >= 0.3 is 6.09 Å². The molecule has 0 bridgehead atoms. The van der Waals surface area contributed by atoms with Crippen molar-refractivity contribution in [2.45, 2.75) is 18.6 Å². The smallest absolute Gasteiger partial charge is 0.415 e. The third-order valence-electron chi connectivity index (χ3n) is 3.92. The summed E-state index contributed by atoms with van der Waals surface area (Å²) in [6.45, 7) is -0.0569. The van der Waals surface area contributed by atoms with Gasteiger partial charge < -0.3 is 21.0 Å². The van der Waals surface area contributed by atoms with Crippen LogP contribution in [-0.4, -0.2) is 35.6 Å². The SMILES string of the molecule is NC(=O)[C@H]1CN(c2ccc(C3CC(=NO)C=CN3)c(F)c2)C(=O)O1. The Labute approximate surface area is 136 Å². The zero-order valence-electron chi connectivity index (χ0n) is 12.5. The standard InChI is InChI=1S/C15H15FN4O4/c16-11-6-9(20-7-13(14(17)21)24-15(20)22)1-2-10(11)12-5-8(19-23)3-4-18-12/h1-4,6,12-13,18,23H,5,7H2,(H2,17,21)/t12?,13-/m1/s1. The molecule has 8 nitrogen and oxygen atoms in total. The van der Waals surface area contributed by atoms with Crippen LogP contribution in [0.4, 0.5) is 14.9 Å². The van der Waals surface area contributed by atoms with Crippen molar-refractivity contribution in [3.63, 3.8) is 0 Å². The molecule has 2 amide bonds. The molecule has 2 aliphatic rings. The molecule has 2 atom stereocenters. The van der Waals surface area contributed by atoms with Gasteiger partial charge in [-0.3, -0.25) is 9.69 Å². The molecular weight excluding hydrogens is 319 g/mol. The summed E-state index contributed by atoms with van der Waals surface area (Å²) in [5.74, 6) is -1.29. The Morgan fingerprint density at radius 1 is 1.50 bits per heavy atom. The molecule has 126 valence electrons. The number of cyclic esters (lactones) is 1. The van der Waals surface area contributed by atoms with E-state index >= 15 is 0 Å². The van der Waals surface area contributed by atoms with Crippen molar-refractivity contribution in [1.29, 1.82) is 0 Å². The molecule has 2 aliphatic heterocycles. The number of benzene rings is 1. The van der Waals surface area contributed by atoms with Gasteiger partial charge in [-0.1, -0.05) is 11.2 Å². The first-order valence-electron chi connectivity index (χ1n) is 7.20. The largest absolute Gasteiger partial charge is 0.434 e. The van der Waals surface area contributed by atoms with Crippen molar-refractivity contribution in [2.24, 2.45) is 10.9 Å². The van der Waals surface area contributed by atoms with Gasteiger partial charge in [0.05, 0.1) is 24.0 Å². The highest BCUT2D eigenvalue weighted by atomic mass is 19.1. The number of halogens is 1. The molecule has 0 aliphatic carbocycles. The number of rotatable bonds is 3. The fraction of sp³-hybridized carbons (Fsp3) is 0.267. The number of anilines is 1. The van der Waals surface area contributed by atoms with Gasteiger partial charge in [-0.2, -0.15) is 0 Å². The molecular formula is C15H15FN4O4. The van der Waals surface area contributed by atoms with E-state index in [-0.39, 0.29) is 18.3 Å². The second kappa shape index (κ2) is 6.19. The number of amides is 2. The van der Waals surface area contributed by atoms with E-state index in [1.807, 2.05) is 0 Å². The van der Waals surface area contributed by atoms with Crippen LogP contribution in [-0.2, 0) is 9.53 Å². The lowest BCUT2D eigenvalue weighted by Gasteiger charge is -2.22. The van der Waals surface area contributed by atoms with Crippen molar-refractivity contribution in [3.8, 4) is 0 Å². The lowest BCUT2D eigenvalue weighted by atomic mass is 9.98. The van der Waals surface area contributed by atoms with Crippen LogP contribution in [0.5, 0.6) is 0 Å². The first-order valence-corrected chi connectivity index (χ1v) is 7.20. The van der Waals surface area contributed by atoms with Crippen LogP contribution in [0, 0.1) is 5.82 Å². The Morgan fingerprint density at radius 2 is 2.29 bits per heavy atom. The van der Waals surface area contributed by atoms with Crippen molar-refractivity contribution in [1.82, 2.24) is 5.32 Å². The van der Waals surface area contributed by atoms with Gasteiger partial charge in [0.1, 0.15) is 5.82 Å². The van der Waals surface area contributed by atoms with Crippen LogP contribution in [0.1, 0.15) is 18.0 Å².